The number of nitrogens with one attached hydrogen (secondary N) is 1. The summed E-state index contributed by atoms with van der Waals surface area (Å²) in [6.07, 6.45) is 6.67. The SMILES string of the molecule is CC(NC1CCOc2ccc(Br)cc21)C1CCCC1. The monoisotopic (exact) mass is 323 g/mol. The third-order valence-corrected chi connectivity index (χ3v) is 5.08. The average molecular weight is 324 g/mol. The van der Waals surface area contributed by atoms with Crippen molar-refractivity contribution < 1.29 is 4.74 Å². The van der Waals surface area contributed by atoms with Crippen LogP contribution in [-0.2, 0) is 0 Å². The number of rotatable bonds is 3. The van der Waals surface area contributed by atoms with Crippen molar-refractivity contribution in [2.75, 3.05) is 6.61 Å². The maximum atomic E-state index is 5.75. The van der Waals surface area contributed by atoms with E-state index in [0.717, 1.165) is 29.2 Å². The first kappa shape index (κ1) is 13.4. The van der Waals surface area contributed by atoms with Crippen molar-refractivity contribution in [3.63, 3.8) is 0 Å². The predicted octanol–water partition coefficient (Wildman–Crippen LogP) is 4.44. The molecule has 3 rings (SSSR count). The molecule has 1 aliphatic carbocycles. The maximum absolute atomic E-state index is 5.75. The molecular weight excluding hydrogens is 302 g/mol. The van der Waals surface area contributed by atoms with Crippen LogP contribution in [-0.4, -0.2) is 12.6 Å². The maximum Gasteiger partial charge on any atom is 0.124 e. The van der Waals surface area contributed by atoms with E-state index in [4.69, 9.17) is 4.74 Å². The smallest absolute Gasteiger partial charge is 0.124 e. The predicted molar refractivity (Wildman–Crippen MR) is 81.6 cm³/mol. The molecule has 0 aromatic heterocycles. The van der Waals surface area contributed by atoms with E-state index >= 15 is 0 Å². The quantitative estimate of drug-likeness (QED) is 0.887. The van der Waals surface area contributed by atoms with Crippen LogP contribution >= 0.6 is 15.9 Å². The Balaban J connectivity index is 1.73. The van der Waals surface area contributed by atoms with Crippen LogP contribution in [0.5, 0.6) is 5.75 Å². The normalized spacial score (nSPS) is 24.8. The van der Waals surface area contributed by atoms with Crippen LogP contribution in [0, 0.1) is 5.92 Å². The van der Waals surface area contributed by atoms with Gasteiger partial charge in [-0.1, -0.05) is 28.8 Å². The van der Waals surface area contributed by atoms with E-state index in [-0.39, 0.29) is 0 Å². The molecule has 1 heterocycles. The van der Waals surface area contributed by atoms with Crippen molar-refractivity contribution in [2.45, 2.75) is 51.1 Å². The van der Waals surface area contributed by atoms with Crippen molar-refractivity contribution in [2.24, 2.45) is 5.92 Å². The Hall–Kier alpha value is -0.540. The zero-order valence-electron chi connectivity index (χ0n) is 11.5. The van der Waals surface area contributed by atoms with Crippen molar-refractivity contribution in [1.82, 2.24) is 5.32 Å². The highest BCUT2D eigenvalue weighted by Crippen LogP contribution is 2.36. The Morgan fingerprint density at radius 1 is 1.26 bits per heavy atom. The molecule has 1 aromatic rings. The van der Waals surface area contributed by atoms with Crippen molar-refractivity contribution >= 4 is 15.9 Å². The molecule has 3 heteroatoms. The largest absolute Gasteiger partial charge is 0.493 e. The average Bonchev–Trinajstić information content (AvgIpc) is 2.93. The van der Waals surface area contributed by atoms with Gasteiger partial charge in [-0.05, 0) is 43.9 Å². The summed E-state index contributed by atoms with van der Waals surface area (Å²) in [7, 11) is 0. The van der Waals surface area contributed by atoms with Gasteiger partial charge < -0.3 is 10.1 Å². The summed E-state index contributed by atoms with van der Waals surface area (Å²) in [4.78, 5) is 0. The van der Waals surface area contributed by atoms with E-state index < -0.39 is 0 Å². The summed E-state index contributed by atoms with van der Waals surface area (Å²) >= 11 is 3.57. The van der Waals surface area contributed by atoms with E-state index in [2.05, 4.69) is 46.4 Å². The van der Waals surface area contributed by atoms with Gasteiger partial charge in [-0.3, -0.25) is 0 Å². The molecule has 19 heavy (non-hydrogen) atoms. The number of fused-ring (bicyclic) bond motifs is 1. The standard InChI is InChI=1S/C16H22BrNO/c1-11(12-4-2-3-5-12)18-15-8-9-19-16-7-6-13(17)10-14(15)16/h6-7,10-12,15,18H,2-5,8-9H2,1H3. The summed E-state index contributed by atoms with van der Waals surface area (Å²) in [5, 5.41) is 3.84. The lowest BCUT2D eigenvalue weighted by molar-refractivity contribution is 0.233. The summed E-state index contributed by atoms with van der Waals surface area (Å²) < 4.78 is 6.89. The molecule has 1 aliphatic heterocycles. The lowest BCUT2D eigenvalue weighted by Crippen LogP contribution is -2.37. The lowest BCUT2D eigenvalue weighted by atomic mass is 9.95. The molecule has 1 aromatic carbocycles. The molecule has 2 aliphatic rings. The molecule has 0 radical (unpaired) electrons. The second-order valence-electron chi connectivity index (χ2n) is 5.87. The molecule has 0 amide bonds. The van der Waals surface area contributed by atoms with Crippen LogP contribution in [0.15, 0.2) is 22.7 Å². The third-order valence-electron chi connectivity index (χ3n) is 4.58. The van der Waals surface area contributed by atoms with Gasteiger partial charge in [-0.15, -0.1) is 0 Å². The highest BCUT2D eigenvalue weighted by Gasteiger charge is 2.27. The zero-order valence-corrected chi connectivity index (χ0v) is 13.1. The van der Waals surface area contributed by atoms with Gasteiger partial charge in [-0.2, -0.15) is 0 Å². The molecule has 0 saturated heterocycles. The highest BCUT2D eigenvalue weighted by molar-refractivity contribution is 9.10. The van der Waals surface area contributed by atoms with Crippen LogP contribution in [0.3, 0.4) is 0 Å². The van der Waals surface area contributed by atoms with Crippen LogP contribution in [0.2, 0.25) is 0 Å². The van der Waals surface area contributed by atoms with Gasteiger partial charge >= 0.3 is 0 Å². The van der Waals surface area contributed by atoms with Crippen LogP contribution < -0.4 is 10.1 Å². The second kappa shape index (κ2) is 5.84. The topological polar surface area (TPSA) is 21.3 Å². The summed E-state index contributed by atoms with van der Waals surface area (Å²) in [6.45, 7) is 3.17. The van der Waals surface area contributed by atoms with E-state index in [1.807, 2.05) is 0 Å². The number of hydrogen-bond acceptors (Lipinski definition) is 2. The van der Waals surface area contributed by atoms with Gasteiger partial charge in [0.25, 0.3) is 0 Å². The van der Waals surface area contributed by atoms with Crippen molar-refractivity contribution in [3.05, 3.63) is 28.2 Å². The van der Waals surface area contributed by atoms with Gasteiger partial charge in [0.2, 0.25) is 0 Å². The first-order chi connectivity index (χ1) is 9.24. The fourth-order valence-electron chi connectivity index (χ4n) is 3.45. The molecular formula is C16H22BrNO. The van der Waals surface area contributed by atoms with Gasteiger partial charge in [0, 0.05) is 28.5 Å². The molecule has 1 fully saturated rings. The van der Waals surface area contributed by atoms with Crippen LogP contribution in [0.25, 0.3) is 0 Å². The Morgan fingerprint density at radius 2 is 2.05 bits per heavy atom. The fraction of sp³-hybridized carbons (Fsp3) is 0.625. The van der Waals surface area contributed by atoms with Crippen LogP contribution in [0.4, 0.5) is 0 Å². The molecule has 0 bridgehead atoms. The lowest BCUT2D eigenvalue weighted by Gasteiger charge is -2.31. The second-order valence-corrected chi connectivity index (χ2v) is 6.79. The van der Waals surface area contributed by atoms with Gasteiger partial charge in [0.1, 0.15) is 5.75 Å². The number of benzene rings is 1. The fourth-order valence-corrected chi connectivity index (χ4v) is 3.83. The molecule has 2 atom stereocenters. The van der Waals surface area contributed by atoms with Crippen molar-refractivity contribution in [1.29, 1.82) is 0 Å². The van der Waals surface area contributed by atoms with Gasteiger partial charge in [0.15, 0.2) is 0 Å². The third kappa shape index (κ3) is 2.97. The number of ether oxygens (including phenoxy) is 1. The molecule has 104 valence electrons. The van der Waals surface area contributed by atoms with E-state index in [9.17, 15) is 0 Å². The summed E-state index contributed by atoms with van der Waals surface area (Å²) in [6, 6.07) is 7.39. The molecule has 1 N–H and O–H groups in total. The first-order valence-corrected chi connectivity index (χ1v) is 8.21. The Bertz CT molecular complexity index is 442. The highest BCUT2D eigenvalue weighted by atomic mass is 79.9. The van der Waals surface area contributed by atoms with Gasteiger partial charge in [-0.25, -0.2) is 0 Å². The minimum absolute atomic E-state index is 0.442. The minimum Gasteiger partial charge on any atom is -0.493 e. The van der Waals surface area contributed by atoms with Gasteiger partial charge in [0.05, 0.1) is 6.61 Å². The summed E-state index contributed by atoms with van der Waals surface area (Å²) in [5.41, 5.74) is 1.31. The number of halogens is 1. The Kier molecular flexibility index (Phi) is 4.13. The van der Waals surface area contributed by atoms with E-state index in [1.165, 1.54) is 31.2 Å². The molecule has 1 saturated carbocycles. The van der Waals surface area contributed by atoms with Crippen molar-refractivity contribution in [3.8, 4) is 5.75 Å². The summed E-state index contributed by atoms with van der Waals surface area (Å²) in [5.74, 6) is 1.91. The molecule has 2 unspecified atom stereocenters. The van der Waals surface area contributed by atoms with Crippen LogP contribution in [0.1, 0.15) is 50.6 Å². The van der Waals surface area contributed by atoms with E-state index in [1.54, 1.807) is 0 Å². The number of hydrogen-bond donors (Lipinski definition) is 1. The molecule has 2 nitrogen and oxygen atoms in total. The Labute approximate surface area is 124 Å². The zero-order chi connectivity index (χ0) is 13.2. The Morgan fingerprint density at radius 3 is 2.84 bits per heavy atom. The minimum atomic E-state index is 0.442. The molecule has 0 spiro atoms. The first-order valence-electron chi connectivity index (χ1n) is 7.42. The van der Waals surface area contributed by atoms with E-state index in [0.29, 0.717) is 12.1 Å².